The van der Waals surface area contributed by atoms with Crippen LogP contribution in [0.1, 0.15) is 37.5 Å². The Morgan fingerprint density at radius 1 is 0.773 bits per heavy atom. The molecule has 0 aliphatic carbocycles. The molecule has 3 heteroatoms. The number of benzene rings is 5. The van der Waals surface area contributed by atoms with Crippen molar-refractivity contribution in [2.45, 2.75) is 38.0 Å². The van der Waals surface area contributed by atoms with Crippen molar-refractivity contribution >= 4 is 54.6 Å². The highest BCUT2D eigenvalue weighted by Crippen LogP contribution is 2.51. The van der Waals surface area contributed by atoms with Crippen LogP contribution in [0.3, 0.4) is 0 Å². The van der Waals surface area contributed by atoms with Crippen LogP contribution in [-0.4, -0.2) is 24.4 Å². The number of halogens is 1. The molecule has 0 saturated heterocycles. The standard InChI is InChI=1S/C41H38BrN2/c1-40(2)37(43(4)35-24-23-28-15-11-13-19-32(28)39(35)40)21-7-6-8-22-38-41(3,27-31-18-12-14-20-34(31)42)33-25-29-16-9-10-17-30(29)26-36(33)44(38)5/h6-26H,27H2,1-5H3/q+1. The molecule has 0 radical (unpaired) electrons. The number of hydrogen-bond acceptors (Lipinski definition) is 1. The van der Waals surface area contributed by atoms with Gasteiger partial charge < -0.3 is 4.90 Å². The number of fused-ring (bicyclic) bond motifs is 5. The average Bonchev–Trinajstić information content (AvgIpc) is 3.35. The molecule has 2 aliphatic heterocycles. The number of likely N-dealkylation sites (N-methyl/N-ethyl adjacent to an activating group) is 1. The lowest BCUT2D eigenvalue weighted by Gasteiger charge is -2.29. The number of hydrogen-bond donors (Lipinski definition) is 0. The van der Waals surface area contributed by atoms with Gasteiger partial charge in [0.1, 0.15) is 7.05 Å². The van der Waals surface area contributed by atoms with Crippen LogP contribution in [0.5, 0.6) is 0 Å². The average molecular weight is 639 g/mol. The molecule has 1 unspecified atom stereocenters. The monoisotopic (exact) mass is 637 g/mol. The number of nitrogens with zero attached hydrogens (tertiary/aromatic N) is 2. The Morgan fingerprint density at radius 2 is 1.45 bits per heavy atom. The van der Waals surface area contributed by atoms with E-state index in [0.29, 0.717) is 0 Å². The zero-order valence-electron chi connectivity index (χ0n) is 26.1. The van der Waals surface area contributed by atoms with Crippen LogP contribution in [0.25, 0.3) is 21.5 Å². The molecule has 0 fully saturated rings. The summed E-state index contributed by atoms with van der Waals surface area (Å²) in [6.45, 7) is 7.08. The molecule has 0 N–H and O–H groups in total. The summed E-state index contributed by atoms with van der Waals surface area (Å²) in [5.74, 6) is 0. The molecule has 2 heterocycles. The van der Waals surface area contributed by atoms with E-state index in [0.717, 1.165) is 10.9 Å². The van der Waals surface area contributed by atoms with Crippen molar-refractivity contribution in [3.63, 3.8) is 0 Å². The molecule has 0 amide bonds. The Bertz CT molecular complexity index is 2080. The van der Waals surface area contributed by atoms with Crippen LogP contribution in [0.2, 0.25) is 0 Å². The van der Waals surface area contributed by atoms with Gasteiger partial charge in [0.2, 0.25) is 5.69 Å². The van der Waals surface area contributed by atoms with Gasteiger partial charge in [0.25, 0.3) is 0 Å². The first-order valence-electron chi connectivity index (χ1n) is 15.4. The smallest absolute Gasteiger partial charge is 0.210 e. The van der Waals surface area contributed by atoms with E-state index in [1.54, 1.807) is 0 Å². The van der Waals surface area contributed by atoms with Gasteiger partial charge in [-0.25, -0.2) is 0 Å². The second-order valence-electron chi connectivity index (χ2n) is 12.9. The van der Waals surface area contributed by atoms with Crippen molar-refractivity contribution in [1.29, 1.82) is 0 Å². The minimum absolute atomic E-state index is 0.0925. The predicted molar refractivity (Wildman–Crippen MR) is 192 cm³/mol. The zero-order valence-corrected chi connectivity index (χ0v) is 27.7. The normalized spacial score (nSPS) is 20.1. The highest BCUT2D eigenvalue weighted by molar-refractivity contribution is 9.10. The third kappa shape index (κ3) is 4.49. The van der Waals surface area contributed by atoms with Gasteiger partial charge in [-0.3, -0.25) is 0 Å². The molecule has 7 rings (SSSR count). The Balaban J connectivity index is 1.24. The van der Waals surface area contributed by atoms with E-state index in [1.165, 1.54) is 61.0 Å². The van der Waals surface area contributed by atoms with E-state index >= 15 is 0 Å². The van der Waals surface area contributed by atoms with Crippen LogP contribution in [0, 0.1) is 0 Å². The van der Waals surface area contributed by atoms with Crippen molar-refractivity contribution in [2.75, 3.05) is 19.0 Å². The van der Waals surface area contributed by atoms with Crippen LogP contribution in [0.15, 0.2) is 138 Å². The summed E-state index contributed by atoms with van der Waals surface area (Å²) in [6.07, 6.45) is 12.1. The largest absolute Gasteiger partial charge is 0.347 e. The van der Waals surface area contributed by atoms with Crippen molar-refractivity contribution in [2.24, 2.45) is 0 Å². The third-order valence-electron chi connectivity index (χ3n) is 9.87. The molecule has 0 saturated carbocycles. The predicted octanol–water partition coefficient (Wildman–Crippen LogP) is 10.4. The fraction of sp³-hybridized carbons (Fsp3) is 0.195. The molecule has 5 aromatic carbocycles. The van der Waals surface area contributed by atoms with Crippen LogP contribution >= 0.6 is 15.9 Å². The SMILES string of the molecule is CN1C(=CC=CC=CC2=[N+](C)c3ccc4ccccc4c3C2(C)C)C(C)(Cc2ccccc2Br)c2cc3ccccc3cc21. The first-order chi connectivity index (χ1) is 21.2. The van der Waals surface area contributed by atoms with Gasteiger partial charge in [0.15, 0.2) is 5.71 Å². The highest BCUT2D eigenvalue weighted by Gasteiger charge is 2.44. The first-order valence-corrected chi connectivity index (χ1v) is 16.2. The van der Waals surface area contributed by atoms with E-state index in [-0.39, 0.29) is 10.8 Å². The summed E-state index contributed by atoms with van der Waals surface area (Å²) in [4.78, 5) is 2.39. The van der Waals surface area contributed by atoms with Crippen LogP contribution < -0.4 is 4.90 Å². The second-order valence-corrected chi connectivity index (χ2v) is 13.8. The summed E-state index contributed by atoms with van der Waals surface area (Å²) in [5, 5.41) is 5.19. The first kappa shape index (κ1) is 28.6. The Kier molecular flexibility index (Phi) is 6.98. The molecule has 1 atom stereocenters. The molecule has 44 heavy (non-hydrogen) atoms. The Labute approximate surface area is 269 Å². The van der Waals surface area contributed by atoms with Crippen LogP contribution in [-0.2, 0) is 17.3 Å². The van der Waals surface area contributed by atoms with Gasteiger partial charge in [-0.15, -0.1) is 0 Å². The van der Waals surface area contributed by atoms with Gasteiger partial charge in [0, 0.05) is 46.0 Å². The maximum Gasteiger partial charge on any atom is 0.210 e. The van der Waals surface area contributed by atoms with Gasteiger partial charge in [-0.1, -0.05) is 101 Å². The Hall–Kier alpha value is -4.21. The molecule has 5 aromatic rings. The van der Waals surface area contributed by atoms with Crippen molar-refractivity contribution in [1.82, 2.24) is 0 Å². The molecule has 0 spiro atoms. The Morgan fingerprint density at radius 3 is 2.23 bits per heavy atom. The third-order valence-corrected chi connectivity index (χ3v) is 10.6. The van der Waals surface area contributed by atoms with E-state index in [2.05, 4.69) is 188 Å². The van der Waals surface area contributed by atoms with Crippen LogP contribution in [0.4, 0.5) is 11.4 Å². The van der Waals surface area contributed by atoms with Crippen molar-refractivity contribution < 1.29 is 4.58 Å². The number of rotatable bonds is 5. The summed E-state index contributed by atoms with van der Waals surface area (Å²) in [7, 11) is 4.40. The lowest BCUT2D eigenvalue weighted by atomic mass is 9.76. The highest BCUT2D eigenvalue weighted by atomic mass is 79.9. The van der Waals surface area contributed by atoms with Gasteiger partial charge in [-0.05, 0) is 90.2 Å². The minimum atomic E-state index is -0.183. The lowest BCUT2D eigenvalue weighted by molar-refractivity contribution is -0.401. The van der Waals surface area contributed by atoms with E-state index in [4.69, 9.17) is 0 Å². The molecular formula is C41H38BrN2+. The lowest BCUT2D eigenvalue weighted by Crippen LogP contribution is -2.28. The summed E-state index contributed by atoms with van der Waals surface area (Å²) in [5.41, 5.74) is 8.99. The van der Waals surface area contributed by atoms with Crippen molar-refractivity contribution in [3.8, 4) is 0 Å². The maximum atomic E-state index is 3.82. The van der Waals surface area contributed by atoms with Gasteiger partial charge >= 0.3 is 0 Å². The molecule has 0 bridgehead atoms. The number of anilines is 1. The molecular weight excluding hydrogens is 600 g/mol. The van der Waals surface area contributed by atoms with E-state index in [9.17, 15) is 0 Å². The quantitative estimate of drug-likeness (QED) is 0.137. The fourth-order valence-corrected chi connectivity index (χ4v) is 8.07. The van der Waals surface area contributed by atoms with Crippen molar-refractivity contribution in [3.05, 3.63) is 154 Å². The number of allylic oxidation sites excluding steroid dienone is 6. The fourth-order valence-electron chi connectivity index (χ4n) is 7.64. The second kappa shape index (κ2) is 10.7. The van der Waals surface area contributed by atoms with E-state index in [1.807, 2.05) is 0 Å². The summed E-state index contributed by atoms with van der Waals surface area (Å²) in [6, 6.07) is 35.3. The summed E-state index contributed by atoms with van der Waals surface area (Å²) < 4.78 is 3.51. The topological polar surface area (TPSA) is 6.25 Å². The van der Waals surface area contributed by atoms with Gasteiger partial charge in [0.05, 0.1) is 5.41 Å². The minimum Gasteiger partial charge on any atom is -0.347 e. The van der Waals surface area contributed by atoms with Gasteiger partial charge in [-0.2, -0.15) is 4.58 Å². The summed E-state index contributed by atoms with van der Waals surface area (Å²) >= 11 is 3.82. The molecule has 218 valence electrons. The molecule has 2 nitrogen and oxygen atoms in total. The maximum absolute atomic E-state index is 3.82. The molecule has 2 aliphatic rings. The molecule has 0 aromatic heterocycles. The zero-order chi connectivity index (χ0) is 30.6. The van der Waals surface area contributed by atoms with E-state index < -0.39 is 0 Å².